The van der Waals surface area contributed by atoms with Gasteiger partial charge in [-0.1, -0.05) is 6.92 Å². The van der Waals surface area contributed by atoms with Crippen LogP contribution in [0.1, 0.15) is 19.2 Å². The Morgan fingerprint density at radius 1 is 1.60 bits per heavy atom. The van der Waals surface area contributed by atoms with Crippen molar-refractivity contribution in [3.05, 3.63) is 18.1 Å². The molecule has 2 unspecified atom stereocenters. The zero-order chi connectivity index (χ0) is 11.3. The Labute approximate surface area is 93.0 Å². The Hall–Kier alpha value is -0.970. The van der Waals surface area contributed by atoms with Crippen LogP contribution in [0, 0.1) is 6.92 Å². The summed E-state index contributed by atoms with van der Waals surface area (Å²) < 4.78 is 11.1. The molecule has 1 heterocycles. The molecule has 0 saturated heterocycles. The van der Waals surface area contributed by atoms with Gasteiger partial charge in [0.25, 0.3) is 0 Å². The van der Waals surface area contributed by atoms with Crippen LogP contribution < -0.4 is 5.32 Å². The van der Waals surface area contributed by atoms with Crippen molar-refractivity contribution in [1.82, 2.24) is 9.97 Å². The van der Waals surface area contributed by atoms with E-state index < -0.39 is 10.8 Å². The van der Waals surface area contributed by atoms with Crippen LogP contribution in [0.25, 0.3) is 0 Å². The van der Waals surface area contributed by atoms with Crippen LogP contribution in [-0.4, -0.2) is 32.2 Å². The Balaban J connectivity index is 2.35. The van der Waals surface area contributed by atoms with Gasteiger partial charge in [-0.3, -0.25) is 4.21 Å². The van der Waals surface area contributed by atoms with E-state index in [4.69, 9.17) is 0 Å². The highest BCUT2D eigenvalue weighted by Crippen LogP contribution is 2.03. The first-order chi connectivity index (χ1) is 7.09. The second kappa shape index (κ2) is 5.80. The number of aromatic nitrogens is 2. The summed E-state index contributed by atoms with van der Waals surface area (Å²) in [7, 11) is -0.745. The average Bonchev–Trinajstić information content (AvgIpc) is 2.17. The number of nitrogens with zero attached hydrogens (tertiary/aromatic N) is 2. The minimum absolute atomic E-state index is 0.223. The standard InChI is InChI=1S/C10H17N3OS/c1-8(15(3)14)4-6-12-10-5-7-11-9(2)13-10/h5,7-8H,4,6H2,1-3H3,(H,11,12,13). The highest BCUT2D eigenvalue weighted by atomic mass is 32.2. The van der Waals surface area contributed by atoms with Crippen LogP contribution in [0.4, 0.5) is 5.82 Å². The first kappa shape index (κ1) is 12.1. The number of nitrogens with one attached hydrogen (secondary N) is 1. The minimum atomic E-state index is -0.745. The molecule has 0 aromatic carbocycles. The monoisotopic (exact) mass is 227 g/mol. The zero-order valence-corrected chi connectivity index (χ0v) is 10.2. The zero-order valence-electron chi connectivity index (χ0n) is 9.36. The second-order valence-corrected chi connectivity index (χ2v) is 5.32. The largest absolute Gasteiger partial charge is 0.370 e. The van der Waals surface area contributed by atoms with E-state index in [0.29, 0.717) is 0 Å². The van der Waals surface area contributed by atoms with Gasteiger partial charge in [0, 0.05) is 35.0 Å². The number of hydrogen-bond donors (Lipinski definition) is 1. The van der Waals surface area contributed by atoms with E-state index in [1.165, 1.54) is 0 Å². The third kappa shape index (κ3) is 4.38. The van der Waals surface area contributed by atoms with Crippen LogP contribution in [0.2, 0.25) is 0 Å². The molecule has 0 aliphatic heterocycles. The maximum Gasteiger partial charge on any atom is 0.129 e. The third-order valence-electron chi connectivity index (χ3n) is 2.20. The van der Waals surface area contributed by atoms with Gasteiger partial charge >= 0.3 is 0 Å². The van der Waals surface area contributed by atoms with Crippen molar-refractivity contribution >= 4 is 16.6 Å². The second-order valence-electron chi connectivity index (χ2n) is 3.51. The molecule has 1 aromatic heterocycles. The average molecular weight is 227 g/mol. The Morgan fingerprint density at radius 2 is 2.33 bits per heavy atom. The molecular weight excluding hydrogens is 210 g/mol. The topological polar surface area (TPSA) is 54.9 Å². The lowest BCUT2D eigenvalue weighted by Crippen LogP contribution is -2.15. The van der Waals surface area contributed by atoms with Crippen molar-refractivity contribution in [3.8, 4) is 0 Å². The SMILES string of the molecule is Cc1nccc(NCCC(C)S(C)=O)n1. The molecule has 0 aliphatic carbocycles. The van der Waals surface area contributed by atoms with E-state index in [-0.39, 0.29) is 5.25 Å². The summed E-state index contributed by atoms with van der Waals surface area (Å²) in [6.45, 7) is 4.63. The van der Waals surface area contributed by atoms with E-state index in [2.05, 4.69) is 15.3 Å². The fourth-order valence-corrected chi connectivity index (χ4v) is 1.57. The van der Waals surface area contributed by atoms with E-state index >= 15 is 0 Å². The Kier molecular flexibility index (Phi) is 4.68. The summed E-state index contributed by atoms with van der Waals surface area (Å²) in [6.07, 6.45) is 4.34. The van der Waals surface area contributed by atoms with Crippen molar-refractivity contribution < 1.29 is 4.21 Å². The Morgan fingerprint density at radius 3 is 2.93 bits per heavy atom. The molecule has 0 saturated carbocycles. The maximum atomic E-state index is 11.1. The van der Waals surface area contributed by atoms with Crippen LogP contribution >= 0.6 is 0 Å². The molecule has 84 valence electrons. The van der Waals surface area contributed by atoms with E-state index in [1.54, 1.807) is 12.5 Å². The van der Waals surface area contributed by atoms with Crippen LogP contribution in [0.15, 0.2) is 12.3 Å². The van der Waals surface area contributed by atoms with Gasteiger partial charge < -0.3 is 5.32 Å². The molecule has 0 spiro atoms. The highest BCUT2D eigenvalue weighted by molar-refractivity contribution is 7.84. The summed E-state index contributed by atoms with van der Waals surface area (Å²) in [5.74, 6) is 1.59. The predicted molar refractivity (Wildman–Crippen MR) is 63.4 cm³/mol. The predicted octanol–water partition coefficient (Wildman–Crippen LogP) is 1.35. The lowest BCUT2D eigenvalue weighted by Gasteiger charge is -2.09. The molecule has 2 atom stereocenters. The molecule has 5 heteroatoms. The third-order valence-corrected chi connectivity index (χ3v) is 3.57. The first-order valence-corrected chi connectivity index (χ1v) is 6.57. The van der Waals surface area contributed by atoms with Crippen molar-refractivity contribution in [2.75, 3.05) is 18.1 Å². The summed E-state index contributed by atoms with van der Waals surface area (Å²) in [4.78, 5) is 8.23. The van der Waals surface area contributed by atoms with Gasteiger partial charge in [0.15, 0.2) is 0 Å². The van der Waals surface area contributed by atoms with Gasteiger partial charge in [-0.25, -0.2) is 9.97 Å². The van der Waals surface area contributed by atoms with Crippen molar-refractivity contribution in [2.45, 2.75) is 25.5 Å². The number of rotatable bonds is 5. The first-order valence-electron chi connectivity index (χ1n) is 4.95. The summed E-state index contributed by atoms with van der Waals surface area (Å²) in [5, 5.41) is 3.41. The highest BCUT2D eigenvalue weighted by Gasteiger charge is 2.05. The fourth-order valence-electron chi connectivity index (χ4n) is 1.12. The van der Waals surface area contributed by atoms with Gasteiger partial charge in [-0.05, 0) is 19.4 Å². The smallest absolute Gasteiger partial charge is 0.129 e. The fraction of sp³-hybridized carbons (Fsp3) is 0.600. The molecule has 4 nitrogen and oxygen atoms in total. The molecule has 0 amide bonds. The van der Waals surface area contributed by atoms with Crippen LogP contribution in [0.3, 0.4) is 0 Å². The van der Waals surface area contributed by atoms with Gasteiger partial charge in [-0.2, -0.15) is 0 Å². The molecule has 0 fully saturated rings. The lowest BCUT2D eigenvalue weighted by atomic mass is 10.3. The van der Waals surface area contributed by atoms with Gasteiger partial charge in [-0.15, -0.1) is 0 Å². The summed E-state index contributed by atoms with van der Waals surface area (Å²) in [6, 6.07) is 1.83. The van der Waals surface area contributed by atoms with Gasteiger partial charge in [0.1, 0.15) is 11.6 Å². The summed E-state index contributed by atoms with van der Waals surface area (Å²) in [5.41, 5.74) is 0. The van der Waals surface area contributed by atoms with Crippen molar-refractivity contribution in [1.29, 1.82) is 0 Å². The van der Waals surface area contributed by atoms with Crippen molar-refractivity contribution in [3.63, 3.8) is 0 Å². The van der Waals surface area contributed by atoms with Crippen molar-refractivity contribution in [2.24, 2.45) is 0 Å². The molecular formula is C10H17N3OS. The number of anilines is 1. The molecule has 0 aliphatic rings. The molecule has 1 rings (SSSR count). The molecule has 0 radical (unpaired) electrons. The van der Waals surface area contributed by atoms with Gasteiger partial charge in [0.05, 0.1) is 0 Å². The Bertz CT molecular complexity index is 343. The summed E-state index contributed by atoms with van der Waals surface area (Å²) >= 11 is 0. The van der Waals surface area contributed by atoms with Gasteiger partial charge in [0.2, 0.25) is 0 Å². The van der Waals surface area contributed by atoms with E-state index in [9.17, 15) is 4.21 Å². The number of hydrogen-bond acceptors (Lipinski definition) is 4. The minimum Gasteiger partial charge on any atom is -0.370 e. The molecule has 1 N–H and O–H groups in total. The van der Waals surface area contributed by atoms with Crippen LogP contribution in [0.5, 0.6) is 0 Å². The van der Waals surface area contributed by atoms with Crippen LogP contribution in [-0.2, 0) is 10.8 Å². The van der Waals surface area contributed by atoms with E-state index in [0.717, 1.165) is 24.6 Å². The quantitative estimate of drug-likeness (QED) is 0.825. The maximum absolute atomic E-state index is 11.1. The van der Waals surface area contributed by atoms with E-state index in [1.807, 2.05) is 19.9 Å². The lowest BCUT2D eigenvalue weighted by molar-refractivity contribution is 0.672. The molecule has 1 aromatic rings. The molecule has 0 bridgehead atoms. The normalized spacial score (nSPS) is 14.6. The number of aryl methyl sites for hydroxylation is 1. The molecule has 15 heavy (non-hydrogen) atoms.